The molecule has 41 heavy (non-hydrogen) atoms. The molecule has 3 fully saturated rings. The van der Waals surface area contributed by atoms with Gasteiger partial charge in [-0.15, -0.1) is 0 Å². The van der Waals surface area contributed by atoms with Crippen molar-refractivity contribution in [1.29, 1.82) is 0 Å². The van der Waals surface area contributed by atoms with Gasteiger partial charge in [-0.25, -0.2) is 0 Å². The number of aliphatic hydroxyl groups is 2. The molecule has 0 radical (unpaired) electrons. The number of ether oxygens (including phenoxy) is 3. The second-order valence-electron chi connectivity index (χ2n) is 13.5. The first-order valence-corrected chi connectivity index (χ1v) is 14.8. The molecule has 0 bridgehead atoms. The molecule has 1 aromatic carbocycles. The first kappa shape index (κ1) is 30.0. The fourth-order valence-corrected chi connectivity index (χ4v) is 8.24. The molecule has 5 rings (SSSR count). The molecule has 3 N–H and O–H groups in total. The van der Waals surface area contributed by atoms with Gasteiger partial charge in [0.1, 0.15) is 17.1 Å². The molecule has 4 aliphatic rings. The van der Waals surface area contributed by atoms with Crippen molar-refractivity contribution in [3.63, 3.8) is 0 Å². The van der Waals surface area contributed by atoms with Gasteiger partial charge in [-0.2, -0.15) is 0 Å². The lowest BCUT2D eigenvalue weighted by atomic mass is 9.48. The Morgan fingerprint density at radius 1 is 1.12 bits per heavy atom. The Morgan fingerprint density at radius 3 is 2.46 bits per heavy atom. The molecule has 1 aromatic rings. The maximum absolute atomic E-state index is 14.6. The van der Waals surface area contributed by atoms with E-state index in [1.165, 1.54) is 19.9 Å². The van der Waals surface area contributed by atoms with E-state index in [1.54, 1.807) is 6.08 Å². The molecule has 8 nitrogen and oxygen atoms in total. The van der Waals surface area contributed by atoms with Crippen LogP contribution in [-0.2, 0) is 30.2 Å². The van der Waals surface area contributed by atoms with Crippen LogP contribution in [0.4, 0.5) is 0 Å². The van der Waals surface area contributed by atoms with Crippen molar-refractivity contribution in [2.75, 3.05) is 0 Å². The van der Waals surface area contributed by atoms with E-state index < -0.39 is 52.6 Å². The summed E-state index contributed by atoms with van der Waals surface area (Å²) in [4.78, 5) is 27.3. The predicted molar refractivity (Wildman–Crippen MR) is 153 cm³/mol. The quantitative estimate of drug-likeness (QED) is 0.377. The molecule has 0 aromatic heterocycles. The standard InChI is InChI=1S/C33H45NO7/c1-19-12-11-15-23-28-32(7,41-30(4,5)40-28)20(2)26-24(18-22-13-9-8-10-14-22)34-29(37)33(23,26)25(39-21(3)35)16-17-31(6,38)27(19)36/h8-11,13-17,19-20,23-28,36,38H,12,18H2,1-7H3,(H,34,37)/b15-11+,17-16+/t19-,20-,23-,24-,25+,26-,27+,28-,31+,32+,33+/m0/s1. The summed E-state index contributed by atoms with van der Waals surface area (Å²) in [7, 11) is 0. The van der Waals surface area contributed by atoms with Gasteiger partial charge in [0.15, 0.2) is 5.79 Å². The number of fused-ring (bicyclic) bond motifs is 2. The number of amides is 1. The van der Waals surface area contributed by atoms with Crippen LogP contribution < -0.4 is 5.32 Å². The number of aliphatic hydroxyl groups excluding tert-OH is 1. The lowest BCUT2D eigenvalue weighted by Crippen LogP contribution is -2.67. The average Bonchev–Trinajstić information content (AvgIpc) is 3.32. The third-order valence-corrected chi connectivity index (χ3v) is 10.1. The van der Waals surface area contributed by atoms with Gasteiger partial charge < -0.3 is 29.7 Å². The van der Waals surface area contributed by atoms with E-state index in [4.69, 9.17) is 14.2 Å². The number of benzene rings is 1. The first-order valence-electron chi connectivity index (χ1n) is 14.8. The second-order valence-corrected chi connectivity index (χ2v) is 13.5. The monoisotopic (exact) mass is 567 g/mol. The van der Waals surface area contributed by atoms with Crippen LogP contribution in [0.15, 0.2) is 54.6 Å². The summed E-state index contributed by atoms with van der Waals surface area (Å²) in [5.41, 5.74) is -2.53. The topological polar surface area (TPSA) is 114 Å². The third kappa shape index (κ3) is 4.86. The minimum Gasteiger partial charge on any atom is -0.457 e. The summed E-state index contributed by atoms with van der Waals surface area (Å²) in [5, 5.41) is 25.6. The van der Waals surface area contributed by atoms with Crippen molar-refractivity contribution in [2.45, 2.75) is 103 Å². The normalized spacial score (nSPS) is 46.7. The molecule has 224 valence electrons. The van der Waals surface area contributed by atoms with Gasteiger partial charge in [-0.05, 0) is 64.0 Å². The average molecular weight is 568 g/mol. The van der Waals surface area contributed by atoms with Gasteiger partial charge >= 0.3 is 5.97 Å². The van der Waals surface area contributed by atoms with Gasteiger partial charge in [0.05, 0.1) is 17.8 Å². The summed E-state index contributed by atoms with van der Waals surface area (Å²) in [5.74, 6) is -2.97. The Morgan fingerprint density at radius 2 is 1.80 bits per heavy atom. The molecule has 2 aliphatic heterocycles. The molecular weight excluding hydrogens is 522 g/mol. The molecule has 0 unspecified atom stereocenters. The molecule has 1 amide bonds. The highest BCUT2D eigenvalue weighted by Crippen LogP contribution is 2.64. The number of nitrogens with one attached hydrogen (secondary N) is 1. The van der Waals surface area contributed by atoms with E-state index in [1.807, 2.05) is 63.3 Å². The lowest BCUT2D eigenvalue weighted by molar-refractivity contribution is -0.189. The molecule has 11 atom stereocenters. The number of rotatable bonds is 3. The Balaban J connectivity index is 1.76. The number of allylic oxidation sites excluding steroid dienone is 1. The van der Waals surface area contributed by atoms with Crippen molar-refractivity contribution < 1.29 is 34.0 Å². The number of hydrogen-bond donors (Lipinski definition) is 3. The van der Waals surface area contributed by atoms with E-state index in [0.717, 1.165) is 5.56 Å². The molecule has 2 saturated heterocycles. The fourth-order valence-electron chi connectivity index (χ4n) is 8.24. The van der Waals surface area contributed by atoms with E-state index in [9.17, 15) is 19.8 Å². The van der Waals surface area contributed by atoms with Crippen molar-refractivity contribution in [2.24, 2.45) is 29.1 Å². The number of carbonyl (C=O) groups is 2. The van der Waals surface area contributed by atoms with Crippen LogP contribution in [0.2, 0.25) is 0 Å². The van der Waals surface area contributed by atoms with Crippen LogP contribution in [0.3, 0.4) is 0 Å². The van der Waals surface area contributed by atoms with Crippen molar-refractivity contribution in [3.8, 4) is 0 Å². The van der Waals surface area contributed by atoms with Crippen LogP contribution in [0, 0.1) is 29.1 Å². The Labute approximate surface area is 243 Å². The predicted octanol–water partition coefficient (Wildman–Crippen LogP) is 3.70. The highest BCUT2D eigenvalue weighted by atomic mass is 16.8. The lowest BCUT2D eigenvalue weighted by Gasteiger charge is -2.56. The van der Waals surface area contributed by atoms with Crippen LogP contribution in [0.5, 0.6) is 0 Å². The number of esters is 1. The van der Waals surface area contributed by atoms with E-state index in [0.29, 0.717) is 12.8 Å². The van der Waals surface area contributed by atoms with Crippen LogP contribution in [-0.4, -0.2) is 63.4 Å². The van der Waals surface area contributed by atoms with E-state index >= 15 is 0 Å². The number of carbonyl (C=O) groups excluding carboxylic acids is 2. The van der Waals surface area contributed by atoms with Gasteiger partial charge in [-0.3, -0.25) is 9.59 Å². The smallest absolute Gasteiger partial charge is 0.303 e. The highest BCUT2D eigenvalue weighted by Gasteiger charge is 2.75. The summed E-state index contributed by atoms with van der Waals surface area (Å²) in [6, 6.07) is 9.75. The van der Waals surface area contributed by atoms with E-state index in [2.05, 4.69) is 19.2 Å². The fraction of sp³-hybridized carbons (Fsp3) is 0.636. The molecule has 8 heteroatoms. The van der Waals surface area contributed by atoms with Crippen molar-refractivity contribution in [1.82, 2.24) is 5.32 Å². The maximum Gasteiger partial charge on any atom is 0.303 e. The third-order valence-electron chi connectivity index (χ3n) is 10.1. The maximum atomic E-state index is 14.6. The zero-order chi connectivity index (χ0) is 30.0. The minimum atomic E-state index is -1.61. The minimum absolute atomic E-state index is 0.187. The number of hydrogen-bond acceptors (Lipinski definition) is 7. The summed E-state index contributed by atoms with van der Waals surface area (Å²) >= 11 is 0. The molecular formula is C33H45NO7. The summed E-state index contributed by atoms with van der Waals surface area (Å²) < 4.78 is 19.3. The zero-order valence-corrected chi connectivity index (χ0v) is 25.2. The first-order chi connectivity index (χ1) is 19.1. The highest BCUT2D eigenvalue weighted by molar-refractivity contribution is 5.89. The van der Waals surface area contributed by atoms with Crippen LogP contribution in [0.1, 0.15) is 60.5 Å². The summed E-state index contributed by atoms with van der Waals surface area (Å²) in [6.07, 6.45) is 5.50. The zero-order valence-electron chi connectivity index (χ0n) is 25.2. The molecule has 2 aliphatic carbocycles. The van der Waals surface area contributed by atoms with Gasteiger partial charge in [0.2, 0.25) is 5.91 Å². The summed E-state index contributed by atoms with van der Waals surface area (Å²) in [6.45, 7) is 12.7. The van der Waals surface area contributed by atoms with Gasteiger partial charge in [0, 0.05) is 24.8 Å². The SMILES string of the molecule is CC(=O)O[C@@H]1/C=C/[C@@](C)(O)[C@H](O)[C@@H](C)C/C=C/[C@H]2[C@@H]3OC(C)(C)O[C@]3(C)[C@@H](C)[C@H]3[C@H](Cc4ccccc4)NC(=O)[C@@]312. The van der Waals surface area contributed by atoms with Crippen LogP contribution >= 0.6 is 0 Å². The Bertz CT molecular complexity index is 1230. The molecule has 1 spiro atoms. The molecule has 2 heterocycles. The Hall–Kier alpha value is -2.52. The largest absolute Gasteiger partial charge is 0.457 e. The van der Waals surface area contributed by atoms with Gasteiger partial charge in [-0.1, -0.05) is 62.4 Å². The Kier molecular flexibility index (Phi) is 7.55. The molecule has 1 saturated carbocycles. The second kappa shape index (κ2) is 10.3. The van der Waals surface area contributed by atoms with E-state index in [-0.39, 0.29) is 29.7 Å². The van der Waals surface area contributed by atoms with Crippen LogP contribution in [0.25, 0.3) is 0 Å². The van der Waals surface area contributed by atoms with Crippen molar-refractivity contribution >= 4 is 11.9 Å². The van der Waals surface area contributed by atoms with Gasteiger partial charge in [0.25, 0.3) is 0 Å². The van der Waals surface area contributed by atoms with Crippen molar-refractivity contribution in [3.05, 3.63) is 60.2 Å².